The van der Waals surface area contributed by atoms with Crippen LogP contribution >= 0.6 is 0 Å². The van der Waals surface area contributed by atoms with Crippen LogP contribution in [0.25, 0.3) is 10.9 Å². The minimum atomic E-state index is -0.754. The molecule has 2 aliphatic heterocycles. The lowest BCUT2D eigenvalue weighted by Gasteiger charge is -2.42. The maximum Gasteiger partial charge on any atom is 0.327 e. The molecule has 2 aromatic carbocycles. The number of carbonyl (C=O) groups excluding carboxylic acids is 2. The second kappa shape index (κ2) is 9.60. The molecule has 34 heavy (non-hydrogen) atoms. The summed E-state index contributed by atoms with van der Waals surface area (Å²) in [4.78, 5) is 36.2. The SMILES string of the molecule is COCCCN1C(=O)N(Cc2ccccc2)C(=O)C12CCN(Cc1c[nH]c3ccccc13)CC2. The lowest BCUT2D eigenvalue weighted by atomic mass is 9.85. The van der Waals surface area contributed by atoms with Crippen LogP contribution in [0.4, 0.5) is 4.79 Å². The zero-order valence-corrected chi connectivity index (χ0v) is 19.7. The average molecular weight is 461 g/mol. The second-order valence-corrected chi connectivity index (χ2v) is 9.32. The number of aromatic amines is 1. The number of likely N-dealkylation sites (tertiary alicyclic amines) is 1. The molecule has 2 fully saturated rings. The first-order chi connectivity index (χ1) is 16.6. The number of nitrogens with one attached hydrogen (secondary N) is 1. The summed E-state index contributed by atoms with van der Waals surface area (Å²) in [5, 5.41) is 1.24. The van der Waals surface area contributed by atoms with Crippen molar-refractivity contribution in [1.29, 1.82) is 0 Å². The molecule has 1 N–H and O–H groups in total. The highest BCUT2D eigenvalue weighted by Gasteiger charge is 2.57. The number of urea groups is 1. The molecular weight excluding hydrogens is 428 g/mol. The number of carbonyl (C=O) groups is 2. The standard InChI is InChI=1S/C27H32N4O3/c1-34-17-7-14-31-26(33)30(19-21-8-3-2-4-9-21)25(32)27(31)12-15-29(16-13-27)20-22-18-28-24-11-6-5-10-23(22)24/h2-6,8-11,18,28H,7,12-17,19-20H2,1H3. The maximum absolute atomic E-state index is 13.7. The van der Waals surface area contributed by atoms with Crippen molar-refractivity contribution in [2.24, 2.45) is 0 Å². The largest absolute Gasteiger partial charge is 0.385 e. The number of para-hydroxylation sites is 1. The molecule has 2 aliphatic rings. The van der Waals surface area contributed by atoms with Gasteiger partial charge in [0.15, 0.2) is 0 Å². The Hall–Kier alpha value is -3.16. The van der Waals surface area contributed by atoms with Gasteiger partial charge in [-0.3, -0.25) is 14.6 Å². The quantitative estimate of drug-likeness (QED) is 0.408. The van der Waals surface area contributed by atoms with Gasteiger partial charge in [0.05, 0.1) is 6.54 Å². The van der Waals surface area contributed by atoms with Crippen LogP contribution in [-0.4, -0.2) is 70.5 Å². The first-order valence-corrected chi connectivity index (χ1v) is 12.1. The van der Waals surface area contributed by atoms with Crippen molar-refractivity contribution in [3.63, 3.8) is 0 Å². The van der Waals surface area contributed by atoms with E-state index >= 15 is 0 Å². The van der Waals surface area contributed by atoms with Crippen molar-refractivity contribution in [2.45, 2.75) is 37.9 Å². The topological polar surface area (TPSA) is 68.9 Å². The lowest BCUT2D eigenvalue weighted by Crippen LogP contribution is -2.56. The van der Waals surface area contributed by atoms with Gasteiger partial charge in [-0.25, -0.2) is 4.79 Å². The van der Waals surface area contributed by atoms with E-state index in [0.717, 1.165) is 37.1 Å². The van der Waals surface area contributed by atoms with Crippen LogP contribution in [0.5, 0.6) is 0 Å². The number of aromatic nitrogens is 1. The molecule has 5 rings (SSSR count). The fraction of sp³-hybridized carbons (Fsp3) is 0.407. The van der Waals surface area contributed by atoms with Crippen LogP contribution in [0.15, 0.2) is 60.8 Å². The van der Waals surface area contributed by atoms with Gasteiger partial charge in [0.1, 0.15) is 5.54 Å². The molecule has 3 amide bonds. The predicted molar refractivity (Wildman–Crippen MR) is 131 cm³/mol. The van der Waals surface area contributed by atoms with E-state index in [-0.39, 0.29) is 11.9 Å². The molecule has 1 aromatic heterocycles. The number of rotatable bonds is 8. The normalized spacial score (nSPS) is 18.5. The number of H-pyrrole nitrogens is 1. The van der Waals surface area contributed by atoms with Crippen molar-refractivity contribution >= 4 is 22.8 Å². The van der Waals surface area contributed by atoms with Gasteiger partial charge < -0.3 is 14.6 Å². The second-order valence-electron chi connectivity index (χ2n) is 9.32. The molecule has 0 atom stereocenters. The Labute approximate surface area is 200 Å². The van der Waals surface area contributed by atoms with Crippen LogP contribution in [0.3, 0.4) is 0 Å². The molecule has 0 aliphatic carbocycles. The van der Waals surface area contributed by atoms with Crippen LogP contribution in [0, 0.1) is 0 Å². The summed E-state index contributed by atoms with van der Waals surface area (Å²) >= 11 is 0. The smallest absolute Gasteiger partial charge is 0.327 e. The van der Waals surface area contributed by atoms with E-state index in [1.165, 1.54) is 15.8 Å². The first-order valence-electron chi connectivity index (χ1n) is 12.1. The number of nitrogens with zero attached hydrogens (tertiary/aromatic N) is 3. The summed E-state index contributed by atoms with van der Waals surface area (Å²) in [5.41, 5.74) is 2.62. The molecule has 2 saturated heterocycles. The predicted octanol–water partition coefficient (Wildman–Crippen LogP) is 4.00. The fourth-order valence-electron chi connectivity index (χ4n) is 5.43. The number of imide groups is 1. The van der Waals surface area contributed by atoms with E-state index in [4.69, 9.17) is 4.74 Å². The maximum atomic E-state index is 13.7. The van der Waals surface area contributed by atoms with Gasteiger partial charge in [0.25, 0.3) is 5.91 Å². The summed E-state index contributed by atoms with van der Waals surface area (Å²) in [5.74, 6) is -0.0504. The fourth-order valence-corrected chi connectivity index (χ4v) is 5.43. The number of methoxy groups -OCH3 is 1. The number of ether oxygens (including phenoxy) is 1. The van der Waals surface area contributed by atoms with Gasteiger partial charge in [0, 0.05) is 57.0 Å². The van der Waals surface area contributed by atoms with Gasteiger partial charge in [0.2, 0.25) is 0 Å². The highest BCUT2D eigenvalue weighted by atomic mass is 16.5. The van der Waals surface area contributed by atoms with E-state index in [2.05, 4.69) is 34.3 Å². The van der Waals surface area contributed by atoms with Crippen LogP contribution < -0.4 is 0 Å². The van der Waals surface area contributed by atoms with Crippen molar-refractivity contribution in [3.8, 4) is 0 Å². The molecule has 3 heterocycles. The monoisotopic (exact) mass is 460 g/mol. The van der Waals surface area contributed by atoms with Gasteiger partial charge >= 0.3 is 6.03 Å². The van der Waals surface area contributed by atoms with Crippen molar-refractivity contribution in [2.75, 3.05) is 33.4 Å². The minimum Gasteiger partial charge on any atom is -0.385 e. The van der Waals surface area contributed by atoms with E-state index in [0.29, 0.717) is 32.5 Å². The van der Waals surface area contributed by atoms with Gasteiger partial charge in [-0.05, 0) is 36.5 Å². The van der Waals surface area contributed by atoms with E-state index in [1.54, 1.807) is 7.11 Å². The van der Waals surface area contributed by atoms with Crippen LogP contribution in [-0.2, 0) is 22.6 Å². The summed E-state index contributed by atoms with van der Waals surface area (Å²) in [6.07, 6.45) is 4.10. The molecule has 0 radical (unpaired) electrons. The zero-order chi connectivity index (χ0) is 23.5. The van der Waals surface area contributed by atoms with E-state index in [1.807, 2.05) is 41.3 Å². The highest BCUT2D eigenvalue weighted by Crippen LogP contribution is 2.38. The summed E-state index contributed by atoms with van der Waals surface area (Å²) in [7, 11) is 1.66. The lowest BCUT2D eigenvalue weighted by molar-refractivity contribution is -0.136. The Bertz CT molecular complexity index is 1150. The highest BCUT2D eigenvalue weighted by molar-refractivity contribution is 6.07. The Morgan fingerprint density at radius 1 is 0.971 bits per heavy atom. The van der Waals surface area contributed by atoms with Gasteiger partial charge in [-0.1, -0.05) is 48.5 Å². The molecule has 1 spiro atoms. The number of piperidine rings is 1. The Morgan fingerprint density at radius 2 is 1.71 bits per heavy atom. The number of hydrogen-bond acceptors (Lipinski definition) is 4. The van der Waals surface area contributed by atoms with Crippen molar-refractivity contribution in [3.05, 3.63) is 71.9 Å². The molecule has 3 aromatic rings. The van der Waals surface area contributed by atoms with Crippen molar-refractivity contribution < 1.29 is 14.3 Å². The van der Waals surface area contributed by atoms with E-state index < -0.39 is 5.54 Å². The Morgan fingerprint density at radius 3 is 2.47 bits per heavy atom. The summed E-state index contributed by atoms with van der Waals surface area (Å²) in [6, 6.07) is 17.9. The Balaban J connectivity index is 1.33. The number of hydrogen-bond donors (Lipinski definition) is 1. The van der Waals surface area contributed by atoms with Gasteiger partial charge in [-0.15, -0.1) is 0 Å². The third kappa shape index (κ3) is 4.10. The average Bonchev–Trinajstić information content (AvgIpc) is 3.35. The molecule has 7 nitrogen and oxygen atoms in total. The molecule has 178 valence electrons. The van der Waals surface area contributed by atoms with Gasteiger partial charge in [-0.2, -0.15) is 0 Å². The molecular formula is C27H32N4O3. The van der Waals surface area contributed by atoms with Crippen LogP contribution in [0.2, 0.25) is 0 Å². The number of amides is 3. The summed E-state index contributed by atoms with van der Waals surface area (Å²) < 4.78 is 5.23. The van der Waals surface area contributed by atoms with Crippen LogP contribution in [0.1, 0.15) is 30.4 Å². The minimum absolute atomic E-state index is 0.0504. The number of fused-ring (bicyclic) bond motifs is 1. The first kappa shape index (κ1) is 22.6. The Kier molecular flexibility index (Phi) is 6.39. The number of benzene rings is 2. The van der Waals surface area contributed by atoms with E-state index in [9.17, 15) is 9.59 Å². The van der Waals surface area contributed by atoms with Crippen molar-refractivity contribution in [1.82, 2.24) is 19.7 Å². The molecule has 7 heteroatoms. The zero-order valence-electron chi connectivity index (χ0n) is 19.7. The molecule has 0 unspecified atom stereocenters. The summed E-state index contributed by atoms with van der Waals surface area (Å²) in [6.45, 7) is 3.81. The molecule has 0 saturated carbocycles. The third-order valence-corrected chi connectivity index (χ3v) is 7.29. The molecule has 0 bridgehead atoms. The third-order valence-electron chi connectivity index (χ3n) is 7.29.